The number of nitrogens with two attached hydrogens (primary N) is 1. The highest BCUT2D eigenvalue weighted by Gasteiger charge is 2.27. The number of rotatable bonds is 6. The van der Waals surface area contributed by atoms with Gasteiger partial charge in [0.2, 0.25) is 0 Å². The highest BCUT2D eigenvalue weighted by atomic mass is 16.7. The van der Waals surface area contributed by atoms with Crippen LogP contribution in [0.2, 0.25) is 0 Å². The number of piperidine rings is 1. The lowest BCUT2D eigenvalue weighted by Gasteiger charge is -2.35. The number of carboxylic acids is 1. The molecule has 7 heteroatoms. The summed E-state index contributed by atoms with van der Waals surface area (Å²) in [5.41, 5.74) is 8.19. The molecule has 0 aromatic heterocycles. The number of hydroxylamine groups is 1. The summed E-state index contributed by atoms with van der Waals surface area (Å²) in [5, 5.41) is 17.4. The molecule has 0 amide bonds. The molecule has 4 N–H and O–H groups in total. The molecule has 1 aliphatic rings. The third-order valence-electron chi connectivity index (χ3n) is 2.70. The van der Waals surface area contributed by atoms with E-state index in [-0.39, 0.29) is 18.7 Å². The van der Waals surface area contributed by atoms with Gasteiger partial charge in [-0.15, -0.1) is 0 Å². The highest BCUT2D eigenvalue weighted by Crippen LogP contribution is 2.16. The number of hydrogen-bond acceptors (Lipinski definition) is 6. The molecule has 0 spiro atoms. The van der Waals surface area contributed by atoms with E-state index in [2.05, 4.69) is 11.5 Å². The van der Waals surface area contributed by atoms with Crippen molar-refractivity contribution < 1.29 is 14.7 Å². The smallest absolute Gasteiger partial charge is 0.331 e. The lowest BCUT2D eigenvalue weighted by Crippen LogP contribution is -2.51. The lowest BCUT2D eigenvalue weighted by atomic mass is 10.00. The van der Waals surface area contributed by atoms with E-state index >= 15 is 0 Å². The highest BCUT2D eigenvalue weighted by molar-refractivity contribution is 5.67. The molecule has 1 rings (SSSR count). The number of carbonyl (C=O) groups is 1. The summed E-state index contributed by atoms with van der Waals surface area (Å²) in [4.78, 5) is 17.1. The van der Waals surface area contributed by atoms with Crippen LogP contribution in [0.15, 0.2) is 0 Å². The van der Waals surface area contributed by atoms with E-state index in [1.165, 1.54) is 0 Å². The second kappa shape index (κ2) is 7.19. The molecule has 7 nitrogen and oxygen atoms in total. The summed E-state index contributed by atoms with van der Waals surface area (Å²) < 4.78 is 0. The Labute approximate surface area is 100 Å². The van der Waals surface area contributed by atoms with E-state index in [1.807, 2.05) is 4.90 Å². The van der Waals surface area contributed by atoms with E-state index < -0.39 is 5.97 Å². The first-order valence-corrected chi connectivity index (χ1v) is 5.60. The summed E-state index contributed by atoms with van der Waals surface area (Å²) in [6.07, 6.45) is 1.53. The van der Waals surface area contributed by atoms with E-state index in [1.54, 1.807) is 0 Å². The van der Waals surface area contributed by atoms with E-state index in [4.69, 9.17) is 20.9 Å². The van der Waals surface area contributed by atoms with Crippen molar-refractivity contribution in [2.45, 2.75) is 24.9 Å². The topological polar surface area (TPSA) is 112 Å². The Bertz CT molecular complexity index is 292. The number of carboxylic acid groups (broad SMARTS) is 1. The summed E-state index contributed by atoms with van der Waals surface area (Å²) in [6.45, 7) is 1.44. The molecule has 0 radical (unpaired) electrons. The van der Waals surface area contributed by atoms with Crippen molar-refractivity contribution >= 4 is 5.97 Å². The van der Waals surface area contributed by atoms with Crippen LogP contribution in [0.25, 0.3) is 0 Å². The first-order valence-electron chi connectivity index (χ1n) is 5.60. The molecule has 0 bridgehead atoms. The number of nitriles is 1. The summed E-state index contributed by atoms with van der Waals surface area (Å²) in [5.74, 6) is -1.01. The zero-order chi connectivity index (χ0) is 12.7. The number of hydrogen-bond donors (Lipinski definition) is 3. The minimum atomic E-state index is -1.01. The molecule has 0 aromatic rings. The van der Waals surface area contributed by atoms with Crippen LogP contribution in [0.4, 0.5) is 0 Å². The molecule has 1 fully saturated rings. The van der Waals surface area contributed by atoms with Gasteiger partial charge in [0.05, 0.1) is 12.1 Å². The molecule has 1 heterocycles. The van der Waals surface area contributed by atoms with Crippen molar-refractivity contribution in [3.63, 3.8) is 0 Å². The predicted molar refractivity (Wildman–Crippen MR) is 59.8 cm³/mol. The number of nitrogens with one attached hydrogen (secondary N) is 1. The summed E-state index contributed by atoms with van der Waals surface area (Å²) >= 11 is 0. The van der Waals surface area contributed by atoms with E-state index in [0.29, 0.717) is 19.6 Å². The van der Waals surface area contributed by atoms with Gasteiger partial charge >= 0.3 is 5.97 Å². The van der Waals surface area contributed by atoms with Crippen LogP contribution >= 0.6 is 0 Å². The van der Waals surface area contributed by atoms with Crippen molar-refractivity contribution in [2.24, 2.45) is 5.73 Å². The molecule has 2 atom stereocenters. The van der Waals surface area contributed by atoms with E-state index in [9.17, 15) is 4.79 Å². The average molecular weight is 242 g/mol. The molecular weight excluding hydrogens is 224 g/mol. The predicted octanol–water partition coefficient (Wildman–Crippen LogP) is -1.09. The standard InChI is InChI=1S/C10H18N4O3/c11-3-4-14-6-8(1-2-9(14)5-12)13-17-7-10(15)16/h8-9,13H,1-4,6-7,11H2,(H,15,16)/t8?,9-/m0/s1. The van der Waals surface area contributed by atoms with Crippen LogP contribution < -0.4 is 11.2 Å². The Morgan fingerprint density at radius 2 is 2.41 bits per heavy atom. The third-order valence-corrected chi connectivity index (χ3v) is 2.70. The fourth-order valence-electron chi connectivity index (χ4n) is 1.92. The van der Waals surface area contributed by atoms with Crippen LogP contribution in [-0.2, 0) is 9.63 Å². The quantitative estimate of drug-likeness (QED) is 0.507. The van der Waals surface area contributed by atoms with Crippen LogP contribution in [0.3, 0.4) is 0 Å². The zero-order valence-corrected chi connectivity index (χ0v) is 9.63. The molecule has 0 aliphatic carbocycles. The number of likely N-dealkylation sites (tertiary alicyclic amines) is 1. The number of nitrogens with zero attached hydrogens (tertiary/aromatic N) is 2. The Morgan fingerprint density at radius 1 is 1.65 bits per heavy atom. The van der Waals surface area contributed by atoms with Crippen molar-refractivity contribution in [1.82, 2.24) is 10.4 Å². The molecule has 1 saturated heterocycles. The maximum absolute atomic E-state index is 10.3. The van der Waals surface area contributed by atoms with Gasteiger partial charge in [0.1, 0.15) is 0 Å². The van der Waals surface area contributed by atoms with Gasteiger partial charge in [-0.1, -0.05) is 0 Å². The molecule has 17 heavy (non-hydrogen) atoms. The molecule has 0 saturated carbocycles. The van der Waals surface area contributed by atoms with Crippen LogP contribution in [0.1, 0.15) is 12.8 Å². The maximum Gasteiger partial charge on any atom is 0.331 e. The first-order chi connectivity index (χ1) is 8.17. The van der Waals surface area contributed by atoms with Gasteiger partial charge in [-0.25, -0.2) is 4.79 Å². The SMILES string of the molecule is N#C[C@@H]1CCC(NOCC(=O)O)CN1CCN. The largest absolute Gasteiger partial charge is 0.479 e. The first kappa shape index (κ1) is 13.9. The average Bonchev–Trinajstić information content (AvgIpc) is 2.29. The number of aliphatic carboxylic acids is 1. The van der Waals surface area contributed by atoms with Gasteiger partial charge in [0.15, 0.2) is 6.61 Å². The molecule has 0 aromatic carbocycles. The van der Waals surface area contributed by atoms with Crippen molar-refractivity contribution in [2.75, 3.05) is 26.2 Å². The van der Waals surface area contributed by atoms with Crippen molar-refractivity contribution in [3.8, 4) is 6.07 Å². The fraction of sp³-hybridized carbons (Fsp3) is 0.800. The third kappa shape index (κ3) is 4.66. The van der Waals surface area contributed by atoms with Gasteiger partial charge in [0.25, 0.3) is 0 Å². The maximum atomic E-state index is 10.3. The van der Waals surface area contributed by atoms with E-state index in [0.717, 1.165) is 12.8 Å². The fourth-order valence-corrected chi connectivity index (χ4v) is 1.92. The summed E-state index contributed by atoms with van der Waals surface area (Å²) in [7, 11) is 0. The minimum Gasteiger partial charge on any atom is -0.479 e. The second-order valence-corrected chi connectivity index (χ2v) is 4.00. The zero-order valence-electron chi connectivity index (χ0n) is 9.63. The van der Waals surface area contributed by atoms with Crippen LogP contribution in [0, 0.1) is 11.3 Å². The Hall–Kier alpha value is -1.20. The van der Waals surface area contributed by atoms with Crippen LogP contribution in [0.5, 0.6) is 0 Å². The van der Waals surface area contributed by atoms with Gasteiger partial charge in [-0.2, -0.15) is 10.7 Å². The molecular formula is C10H18N4O3. The van der Waals surface area contributed by atoms with Crippen molar-refractivity contribution in [3.05, 3.63) is 0 Å². The summed E-state index contributed by atoms with van der Waals surface area (Å²) in [6, 6.07) is 2.19. The monoisotopic (exact) mass is 242 g/mol. The molecule has 1 aliphatic heterocycles. The second-order valence-electron chi connectivity index (χ2n) is 4.00. The Morgan fingerprint density at radius 3 is 3.00 bits per heavy atom. The normalized spacial score (nSPS) is 25.4. The Balaban J connectivity index is 2.34. The molecule has 96 valence electrons. The molecule has 1 unspecified atom stereocenters. The lowest BCUT2D eigenvalue weighted by molar-refractivity contribution is -0.146. The minimum absolute atomic E-state index is 0.0468. The van der Waals surface area contributed by atoms with Gasteiger partial charge < -0.3 is 10.8 Å². The Kier molecular flexibility index (Phi) is 5.86. The van der Waals surface area contributed by atoms with Gasteiger partial charge in [-0.3, -0.25) is 9.74 Å². The van der Waals surface area contributed by atoms with Crippen LogP contribution in [-0.4, -0.2) is 54.3 Å². The van der Waals surface area contributed by atoms with Gasteiger partial charge in [-0.05, 0) is 12.8 Å². The van der Waals surface area contributed by atoms with Gasteiger partial charge in [0, 0.05) is 25.7 Å². The van der Waals surface area contributed by atoms with Crippen molar-refractivity contribution in [1.29, 1.82) is 5.26 Å².